The molecule has 88 valence electrons. The quantitative estimate of drug-likeness (QED) is 0.824. The predicted molar refractivity (Wildman–Crippen MR) is 64.9 cm³/mol. The van der Waals surface area contributed by atoms with Gasteiger partial charge in [0.2, 0.25) is 5.91 Å². The van der Waals surface area contributed by atoms with Crippen LogP contribution in [0.15, 0.2) is 24.3 Å². The Balaban J connectivity index is 2.33. The van der Waals surface area contributed by atoms with Crippen LogP contribution in [0, 0.1) is 0 Å². The van der Waals surface area contributed by atoms with Gasteiger partial charge in [-0.15, -0.1) is 0 Å². The van der Waals surface area contributed by atoms with Crippen LogP contribution < -0.4 is 10.6 Å². The van der Waals surface area contributed by atoms with Crippen molar-refractivity contribution >= 4 is 46.1 Å². The zero-order valence-corrected chi connectivity index (χ0v) is 9.99. The lowest BCUT2D eigenvalue weighted by Gasteiger charge is -2.12. The first-order chi connectivity index (χ1) is 8.00. The molecular formula is C10H7ClN2O3S. The van der Waals surface area contributed by atoms with E-state index in [0.717, 1.165) is 4.90 Å². The zero-order chi connectivity index (χ0) is 12.6. The highest BCUT2D eigenvalue weighted by atomic mass is 35.5. The van der Waals surface area contributed by atoms with Crippen LogP contribution in [0.1, 0.15) is 0 Å². The number of hydrogen-bond acceptors (Lipinski definition) is 4. The van der Waals surface area contributed by atoms with Crippen molar-refractivity contribution in [3.63, 3.8) is 0 Å². The minimum atomic E-state index is -1.14. The average Bonchev–Trinajstić information content (AvgIpc) is 2.56. The van der Waals surface area contributed by atoms with E-state index in [1.54, 1.807) is 12.1 Å². The van der Waals surface area contributed by atoms with Gasteiger partial charge < -0.3 is 5.73 Å². The summed E-state index contributed by atoms with van der Waals surface area (Å²) in [7, 11) is 0. The molecule has 1 aromatic carbocycles. The molecule has 1 atom stereocenters. The second-order valence-electron chi connectivity index (χ2n) is 3.32. The molecule has 5 nitrogen and oxygen atoms in total. The average molecular weight is 271 g/mol. The summed E-state index contributed by atoms with van der Waals surface area (Å²) in [5.41, 5.74) is 5.41. The Labute approximate surface area is 106 Å². The molecule has 1 fully saturated rings. The zero-order valence-electron chi connectivity index (χ0n) is 8.42. The van der Waals surface area contributed by atoms with E-state index >= 15 is 0 Å². The Kier molecular flexibility index (Phi) is 3.08. The molecule has 0 bridgehead atoms. The van der Waals surface area contributed by atoms with Crippen LogP contribution in [0.5, 0.6) is 0 Å². The topological polar surface area (TPSA) is 80.5 Å². The summed E-state index contributed by atoms with van der Waals surface area (Å²) in [5.74, 6) is -1.43. The lowest BCUT2D eigenvalue weighted by molar-refractivity contribution is -0.124. The van der Waals surface area contributed by atoms with E-state index in [9.17, 15) is 14.4 Å². The Bertz CT molecular complexity index is 503. The summed E-state index contributed by atoms with van der Waals surface area (Å²) in [6.07, 6.45) is 0. The summed E-state index contributed by atoms with van der Waals surface area (Å²) in [6, 6.07) is 6.17. The molecule has 0 radical (unpaired) electrons. The number of hydrogen-bond donors (Lipinski definition) is 1. The first-order valence-corrected chi connectivity index (χ1v) is 5.86. The van der Waals surface area contributed by atoms with E-state index in [2.05, 4.69) is 0 Å². The second-order valence-corrected chi connectivity index (χ2v) is 4.81. The third-order valence-corrected chi connectivity index (χ3v) is 3.49. The van der Waals surface area contributed by atoms with Gasteiger partial charge >= 0.3 is 0 Å². The van der Waals surface area contributed by atoms with Crippen molar-refractivity contribution in [3.8, 4) is 0 Å². The number of anilines is 1. The highest BCUT2D eigenvalue weighted by Crippen LogP contribution is 2.31. The van der Waals surface area contributed by atoms with Gasteiger partial charge in [-0.1, -0.05) is 11.6 Å². The molecule has 2 rings (SSSR count). The number of carbonyl (C=O) groups is 3. The van der Waals surface area contributed by atoms with Crippen LogP contribution in [0.3, 0.4) is 0 Å². The third kappa shape index (κ3) is 2.13. The number of nitrogens with zero attached hydrogens (tertiary/aromatic N) is 1. The van der Waals surface area contributed by atoms with Gasteiger partial charge in [-0.3, -0.25) is 14.4 Å². The van der Waals surface area contributed by atoms with E-state index in [1.165, 1.54) is 12.1 Å². The fraction of sp³-hybridized carbons (Fsp3) is 0.100. The molecule has 1 unspecified atom stereocenters. The summed E-state index contributed by atoms with van der Waals surface area (Å²) in [5, 5.41) is -1.16. The van der Waals surface area contributed by atoms with E-state index < -0.39 is 22.3 Å². The molecule has 1 saturated heterocycles. The minimum absolute atomic E-state index is 0.376. The van der Waals surface area contributed by atoms with Crippen LogP contribution >= 0.6 is 23.4 Å². The Morgan fingerprint density at radius 1 is 1.29 bits per heavy atom. The van der Waals surface area contributed by atoms with Crippen LogP contribution in [0.4, 0.5) is 10.5 Å². The van der Waals surface area contributed by atoms with Gasteiger partial charge in [-0.2, -0.15) is 0 Å². The largest absolute Gasteiger partial charge is 0.368 e. The van der Waals surface area contributed by atoms with Crippen molar-refractivity contribution in [2.75, 3.05) is 4.90 Å². The lowest BCUT2D eigenvalue weighted by Crippen LogP contribution is -2.37. The third-order valence-electron chi connectivity index (χ3n) is 2.19. The molecule has 1 heterocycles. The number of amides is 3. The monoisotopic (exact) mass is 270 g/mol. The van der Waals surface area contributed by atoms with Crippen molar-refractivity contribution < 1.29 is 14.4 Å². The number of thioether (sulfide) groups is 1. The van der Waals surface area contributed by atoms with Gasteiger partial charge in [-0.05, 0) is 36.0 Å². The first-order valence-electron chi connectivity index (χ1n) is 4.60. The lowest BCUT2D eigenvalue weighted by atomic mass is 10.2. The maximum Gasteiger partial charge on any atom is 0.294 e. The summed E-state index contributed by atoms with van der Waals surface area (Å²) >= 11 is 6.32. The minimum Gasteiger partial charge on any atom is -0.368 e. The fourth-order valence-corrected chi connectivity index (χ4v) is 2.36. The fourth-order valence-electron chi connectivity index (χ4n) is 1.41. The van der Waals surface area contributed by atoms with Gasteiger partial charge in [0.25, 0.3) is 11.1 Å². The van der Waals surface area contributed by atoms with Gasteiger partial charge in [-0.25, -0.2) is 4.90 Å². The Morgan fingerprint density at radius 3 is 2.35 bits per heavy atom. The van der Waals surface area contributed by atoms with E-state index in [-0.39, 0.29) is 0 Å². The summed E-state index contributed by atoms with van der Waals surface area (Å²) < 4.78 is 0. The first kappa shape index (κ1) is 11.9. The maximum atomic E-state index is 11.8. The number of benzene rings is 1. The van der Waals surface area contributed by atoms with Crippen molar-refractivity contribution in [2.45, 2.75) is 5.25 Å². The molecule has 1 aliphatic rings. The molecule has 1 aliphatic heterocycles. The molecule has 7 heteroatoms. The van der Waals surface area contributed by atoms with Gasteiger partial charge in [0.15, 0.2) is 5.25 Å². The highest BCUT2D eigenvalue weighted by molar-refractivity contribution is 8.16. The molecule has 3 amide bonds. The predicted octanol–water partition coefficient (Wildman–Crippen LogP) is 1.39. The van der Waals surface area contributed by atoms with Crippen molar-refractivity contribution in [1.82, 2.24) is 0 Å². The molecule has 0 aromatic heterocycles. The number of primary amides is 1. The van der Waals surface area contributed by atoms with E-state index in [4.69, 9.17) is 17.3 Å². The standard InChI is InChI=1S/C10H7ClN2O3S/c11-5-1-3-6(4-2-5)13-9(15)7(8(12)14)17-10(13)16/h1-4,7H,(H2,12,14). The molecule has 0 spiro atoms. The van der Waals surface area contributed by atoms with E-state index in [1.807, 2.05) is 0 Å². The molecular weight excluding hydrogens is 264 g/mol. The second kappa shape index (κ2) is 4.38. The highest BCUT2D eigenvalue weighted by Gasteiger charge is 2.43. The van der Waals surface area contributed by atoms with Gasteiger partial charge in [0.1, 0.15) is 0 Å². The number of halogens is 1. The van der Waals surface area contributed by atoms with E-state index in [0.29, 0.717) is 22.5 Å². The van der Waals surface area contributed by atoms with Crippen molar-refractivity contribution in [3.05, 3.63) is 29.3 Å². The van der Waals surface area contributed by atoms with Crippen LogP contribution in [0.25, 0.3) is 0 Å². The molecule has 0 saturated carbocycles. The molecule has 17 heavy (non-hydrogen) atoms. The Morgan fingerprint density at radius 2 is 1.88 bits per heavy atom. The smallest absolute Gasteiger partial charge is 0.294 e. The van der Waals surface area contributed by atoms with Crippen molar-refractivity contribution in [1.29, 1.82) is 0 Å². The van der Waals surface area contributed by atoms with Crippen LogP contribution in [-0.2, 0) is 9.59 Å². The van der Waals surface area contributed by atoms with Gasteiger partial charge in [0, 0.05) is 5.02 Å². The number of rotatable bonds is 2. The normalized spacial score (nSPS) is 19.8. The summed E-state index contributed by atoms with van der Waals surface area (Å²) in [6.45, 7) is 0. The summed E-state index contributed by atoms with van der Waals surface area (Å²) in [4.78, 5) is 35.3. The number of nitrogens with two attached hydrogens (primary N) is 1. The Hall–Kier alpha value is -1.53. The van der Waals surface area contributed by atoms with Gasteiger partial charge in [0.05, 0.1) is 5.69 Å². The maximum absolute atomic E-state index is 11.8. The molecule has 0 aliphatic carbocycles. The number of imide groups is 1. The molecule has 2 N–H and O–H groups in total. The SMILES string of the molecule is NC(=O)C1SC(=O)N(c2ccc(Cl)cc2)C1=O. The van der Waals surface area contributed by atoms with Crippen LogP contribution in [0.2, 0.25) is 5.02 Å². The number of carbonyl (C=O) groups excluding carboxylic acids is 3. The van der Waals surface area contributed by atoms with Crippen molar-refractivity contribution in [2.24, 2.45) is 5.73 Å². The molecule has 1 aromatic rings. The van der Waals surface area contributed by atoms with Crippen LogP contribution in [-0.4, -0.2) is 22.3 Å².